The first-order valence-corrected chi connectivity index (χ1v) is 10.8. The molecule has 2 amide bonds. The van der Waals surface area contributed by atoms with Crippen molar-refractivity contribution in [2.75, 3.05) is 56.0 Å². The second-order valence-electron chi connectivity index (χ2n) is 8.42. The second-order valence-corrected chi connectivity index (χ2v) is 8.42. The Hall–Kier alpha value is -2.26. The van der Waals surface area contributed by atoms with E-state index in [4.69, 9.17) is 0 Å². The third-order valence-corrected chi connectivity index (χ3v) is 6.25. The van der Waals surface area contributed by atoms with Crippen LogP contribution in [0.1, 0.15) is 25.7 Å². The lowest BCUT2D eigenvalue weighted by atomic mass is 9.95. The topological polar surface area (TPSA) is 76.7 Å². The zero-order valence-electron chi connectivity index (χ0n) is 17.1. The molecular weight excluding hydrogens is 392 g/mol. The summed E-state index contributed by atoms with van der Waals surface area (Å²) in [4.78, 5) is 27.4. The number of anilines is 2. The number of amides is 2. The first-order chi connectivity index (χ1) is 14.5. The minimum Gasteiger partial charge on any atom is -0.373 e. The molecule has 3 N–H and O–H groups in total. The number of rotatable bonds is 5. The average molecular weight is 421 g/mol. The summed E-state index contributed by atoms with van der Waals surface area (Å²) in [6.07, 6.45) is 2.34. The minimum atomic E-state index is -0.673. The molecule has 0 aliphatic carbocycles. The molecule has 9 heteroatoms. The highest BCUT2D eigenvalue weighted by Crippen LogP contribution is 2.31. The van der Waals surface area contributed by atoms with Gasteiger partial charge in [-0.1, -0.05) is 0 Å². The fourth-order valence-electron chi connectivity index (χ4n) is 4.58. The number of imide groups is 1. The number of carbonyl (C=O) groups excluding carboxylic acids is 2. The fraction of sp³-hybridized carbons (Fsp3) is 0.619. The first-order valence-electron chi connectivity index (χ1n) is 10.8. The average Bonchev–Trinajstić information content (AvgIpc) is 2.72. The highest BCUT2D eigenvalue weighted by atomic mass is 19.1. The summed E-state index contributed by atoms with van der Waals surface area (Å²) in [6, 6.07) is 1.79. The van der Waals surface area contributed by atoms with Crippen LogP contribution in [0.4, 0.5) is 20.2 Å². The van der Waals surface area contributed by atoms with Crippen molar-refractivity contribution in [2.24, 2.45) is 5.92 Å². The Morgan fingerprint density at radius 1 is 1.00 bits per heavy atom. The molecule has 3 saturated heterocycles. The Bertz CT molecular complexity index is 769. The van der Waals surface area contributed by atoms with Crippen LogP contribution >= 0.6 is 0 Å². The lowest BCUT2D eigenvalue weighted by molar-refractivity contribution is -0.133. The van der Waals surface area contributed by atoms with Gasteiger partial charge >= 0.3 is 0 Å². The van der Waals surface area contributed by atoms with E-state index in [1.165, 1.54) is 12.1 Å². The van der Waals surface area contributed by atoms with Crippen LogP contribution in [-0.4, -0.2) is 68.6 Å². The molecule has 1 aromatic carbocycles. The number of nitrogens with zero attached hydrogens (tertiary/aromatic N) is 2. The zero-order valence-corrected chi connectivity index (χ0v) is 17.1. The van der Waals surface area contributed by atoms with Gasteiger partial charge in [0.1, 0.15) is 11.7 Å². The van der Waals surface area contributed by atoms with Crippen molar-refractivity contribution in [2.45, 2.75) is 31.7 Å². The van der Waals surface area contributed by atoms with Gasteiger partial charge in [-0.25, -0.2) is 8.78 Å². The number of halogens is 2. The maximum absolute atomic E-state index is 14.8. The number of nitrogens with one attached hydrogen (secondary N) is 3. The van der Waals surface area contributed by atoms with Crippen molar-refractivity contribution in [1.29, 1.82) is 0 Å². The summed E-state index contributed by atoms with van der Waals surface area (Å²) in [7, 11) is 0. The molecule has 3 fully saturated rings. The smallest absolute Gasteiger partial charge is 0.249 e. The highest BCUT2D eigenvalue weighted by Gasteiger charge is 2.28. The number of piperidine rings is 2. The molecule has 0 spiro atoms. The molecule has 164 valence electrons. The van der Waals surface area contributed by atoms with Crippen molar-refractivity contribution < 1.29 is 18.4 Å². The number of hydrogen-bond acceptors (Lipinski definition) is 6. The third-order valence-electron chi connectivity index (χ3n) is 6.25. The van der Waals surface area contributed by atoms with E-state index >= 15 is 0 Å². The molecule has 0 aromatic heterocycles. The van der Waals surface area contributed by atoms with Crippen LogP contribution in [-0.2, 0) is 9.59 Å². The van der Waals surface area contributed by atoms with Crippen LogP contribution in [0.2, 0.25) is 0 Å². The molecule has 3 aliphatic heterocycles. The van der Waals surface area contributed by atoms with Crippen molar-refractivity contribution in [3.05, 3.63) is 23.8 Å². The number of hydrogen-bond donors (Lipinski definition) is 3. The molecule has 1 unspecified atom stereocenters. The Morgan fingerprint density at radius 3 is 2.30 bits per heavy atom. The van der Waals surface area contributed by atoms with Gasteiger partial charge in [0.15, 0.2) is 11.6 Å². The first kappa shape index (κ1) is 21.0. The third kappa shape index (κ3) is 4.89. The largest absolute Gasteiger partial charge is 0.373 e. The van der Waals surface area contributed by atoms with Gasteiger partial charge in [0, 0.05) is 57.9 Å². The van der Waals surface area contributed by atoms with E-state index in [0.29, 0.717) is 25.4 Å². The zero-order chi connectivity index (χ0) is 21.1. The van der Waals surface area contributed by atoms with Gasteiger partial charge < -0.3 is 20.4 Å². The van der Waals surface area contributed by atoms with Gasteiger partial charge in [-0.2, -0.15) is 0 Å². The van der Waals surface area contributed by atoms with Crippen LogP contribution in [0.5, 0.6) is 0 Å². The summed E-state index contributed by atoms with van der Waals surface area (Å²) < 4.78 is 29.6. The quantitative estimate of drug-likeness (QED) is 0.623. The van der Waals surface area contributed by atoms with E-state index in [2.05, 4.69) is 20.9 Å². The molecular formula is C21H29F2N5O2. The summed E-state index contributed by atoms with van der Waals surface area (Å²) in [6.45, 7) is 6.48. The Labute approximate surface area is 175 Å². The summed E-state index contributed by atoms with van der Waals surface area (Å²) >= 11 is 0. The van der Waals surface area contributed by atoms with E-state index < -0.39 is 23.6 Å². The SMILES string of the molecule is O=C1CCC(Nc2cc(F)c(N3CCC(CN4CCNCC4)CC3)c(F)c2)C(=O)N1. The molecule has 3 heterocycles. The molecule has 4 rings (SSSR count). The van der Waals surface area contributed by atoms with Gasteiger partial charge in [0.2, 0.25) is 11.8 Å². The molecule has 7 nitrogen and oxygen atoms in total. The lowest BCUT2D eigenvalue weighted by Gasteiger charge is -2.37. The predicted molar refractivity (Wildman–Crippen MR) is 110 cm³/mol. The van der Waals surface area contributed by atoms with E-state index in [1.807, 2.05) is 0 Å². The van der Waals surface area contributed by atoms with E-state index in [9.17, 15) is 18.4 Å². The molecule has 0 radical (unpaired) electrons. The van der Waals surface area contributed by atoms with Gasteiger partial charge in [-0.05, 0) is 37.3 Å². The van der Waals surface area contributed by atoms with Gasteiger partial charge in [-0.3, -0.25) is 14.9 Å². The van der Waals surface area contributed by atoms with Crippen molar-refractivity contribution in [3.63, 3.8) is 0 Å². The molecule has 1 atom stereocenters. The Morgan fingerprint density at radius 2 is 1.67 bits per heavy atom. The Balaban J connectivity index is 1.35. The monoisotopic (exact) mass is 421 g/mol. The van der Waals surface area contributed by atoms with E-state index in [-0.39, 0.29) is 23.7 Å². The number of carbonyl (C=O) groups is 2. The van der Waals surface area contributed by atoms with Crippen LogP contribution in [0.3, 0.4) is 0 Å². The van der Waals surface area contributed by atoms with E-state index in [1.54, 1.807) is 4.90 Å². The number of piperazine rings is 1. The van der Waals surface area contributed by atoms with E-state index in [0.717, 1.165) is 45.6 Å². The number of benzene rings is 1. The standard InChI is InChI=1S/C21H29F2N5O2/c22-16-11-15(25-18-1-2-19(29)26-21(18)30)12-17(23)20(16)28-7-3-14(4-8-28)13-27-9-5-24-6-10-27/h11-12,14,18,24-25H,1-10,13H2,(H,26,29,30). The van der Waals surface area contributed by atoms with Crippen molar-refractivity contribution in [1.82, 2.24) is 15.5 Å². The maximum Gasteiger partial charge on any atom is 0.249 e. The van der Waals surface area contributed by atoms with Gasteiger partial charge in [0.25, 0.3) is 0 Å². The normalized spacial score (nSPS) is 24.1. The maximum atomic E-state index is 14.8. The molecule has 3 aliphatic rings. The van der Waals surface area contributed by atoms with Crippen molar-refractivity contribution in [3.8, 4) is 0 Å². The molecule has 1 aromatic rings. The van der Waals surface area contributed by atoms with Crippen LogP contribution < -0.4 is 20.9 Å². The van der Waals surface area contributed by atoms with Crippen LogP contribution in [0.15, 0.2) is 12.1 Å². The summed E-state index contributed by atoms with van der Waals surface area (Å²) in [5.41, 5.74) is 0.210. The Kier molecular flexibility index (Phi) is 6.48. The molecule has 0 saturated carbocycles. The summed E-state index contributed by atoms with van der Waals surface area (Å²) in [5, 5.41) is 8.43. The molecule has 0 bridgehead atoms. The lowest BCUT2D eigenvalue weighted by Crippen LogP contribution is -2.47. The van der Waals surface area contributed by atoms with Gasteiger partial charge in [-0.15, -0.1) is 0 Å². The van der Waals surface area contributed by atoms with Crippen LogP contribution in [0, 0.1) is 17.6 Å². The predicted octanol–water partition coefficient (Wildman–Crippen LogP) is 1.30. The minimum absolute atomic E-state index is 0.00412. The summed E-state index contributed by atoms with van der Waals surface area (Å²) in [5.74, 6) is -1.51. The van der Waals surface area contributed by atoms with Crippen LogP contribution in [0.25, 0.3) is 0 Å². The highest BCUT2D eigenvalue weighted by molar-refractivity contribution is 6.01. The molecule has 30 heavy (non-hydrogen) atoms. The van der Waals surface area contributed by atoms with Crippen molar-refractivity contribution >= 4 is 23.2 Å². The van der Waals surface area contributed by atoms with Gasteiger partial charge in [0.05, 0.1) is 0 Å². The second kappa shape index (κ2) is 9.26. The fourth-order valence-corrected chi connectivity index (χ4v) is 4.58.